The van der Waals surface area contributed by atoms with Crippen molar-refractivity contribution in [2.75, 3.05) is 13.2 Å². The smallest absolute Gasteiger partial charge is 0.338 e. The van der Waals surface area contributed by atoms with Crippen molar-refractivity contribution < 1.29 is 95.6 Å². The van der Waals surface area contributed by atoms with Gasteiger partial charge in [-0.05, 0) is 30.3 Å². The van der Waals surface area contributed by atoms with E-state index in [-0.39, 0.29) is 11.3 Å². The van der Waals surface area contributed by atoms with E-state index in [1.165, 1.54) is 37.3 Å². The van der Waals surface area contributed by atoms with Crippen molar-refractivity contribution in [1.29, 1.82) is 0 Å². The maximum absolute atomic E-state index is 13.5. The van der Waals surface area contributed by atoms with Gasteiger partial charge in [0.15, 0.2) is 24.4 Å². The lowest BCUT2D eigenvalue weighted by atomic mass is 9.83. The van der Waals surface area contributed by atoms with Crippen molar-refractivity contribution in [1.82, 2.24) is 0 Å². The first-order valence-corrected chi connectivity index (χ1v) is 17.1. The molecule has 2 aliphatic heterocycles. The normalized spacial score (nSPS) is 30.3. The number of benzene rings is 1. The molecule has 20 heteroatoms. The average Bonchev–Trinajstić information content (AvgIpc) is 3.31. The van der Waals surface area contributed by atoms with Crippen molar-refractivity contribution in [3.63, 3.8) is 0 Å². The fourth-order valence-electron chi connectivity index (χ4n) is 6.61. The number of hydrogen-bond donors (Lipinski definition) is 1. The van der Waals surface area contributed by atoms with Crippen LogP contribution in [0, 0.1) is 11.8 Å². The van der Waals surface area contributed by atoms with Gasteiger partial charge in [-0.25, -0.2) is 4.79 Å². The third-order valence-corrected chi connectivity index (χ3v) is 8.58. The van der Waals surface area contributed by atoms with Crippen molar-refractivity contribution >= 4 is 47.8 Å². The molecule has 1 N–H and O–H groups in total. The van der Waals surface area contributed by atoms with Crippen LogP contribution in [0.15, 0.2) is 36.6 Å². The highest BCUT2D eigenvalue weighted by molar-refractivity contribution is 5.90. The molecule has 1 aliphatic carbocycles. The highest BCUT2D eigenvalue weighted by Crippen LogP contribution is 2.50. The van der Waals surface area contributed by atoms with Crippen LogP contribution >= 0.6 is 0 Å². The molecule has 2 heterocycles. The number of ether oxygens (including phenoxy) is 11. The lowest BCUT2D eigenvalue weighted by Gasteiger charge is -2.46. The Morgan fingerprint density at radius 3 is 1.77 bits per heavy atom. The zero-order valence-electron chi connectivity index (χ0n) is 31.4. The molecule has 0 radical (unpaired) electrons. The van der Waals surface area contributed by atoms with E-state index in [0.29, 0.717) is 0 Å². The van der Waals surface area contributed by atoms with Crippen LogP contribution in [0.5, 0.6) is 5.75 Å². The number of carbonyl (C=O) groups excluding carboxylic acids is 8. The van der Waals surface area contributed by atoms with Crippen LogP contribution in [-0.2, 0) is 80.9 Å². The monoisotopic (exact) mass is 794 g/mol. The van der Waals surface area contributed by atoms with Gasteiger partial charge in [0.2, 0.25) is 12.6 Å². The van der Waals surface area contributed by atoms with Crippen molar-refractivity contribution in [2.24, 2.45) is 11.8 Å². The molecule has 0 spiro atoms. The van der Waals surface area contributed by atoms with Gasteiger partial charge in [0.05, 0.1) is 17.7 Å². The zero-order chi connectivity index (χ0) is 41.5. The van der Waals surface area contributed by atoms with Gasteiger partial charge in [-0.2, -0.15) is 0 Å². The van der Waals surface area contributed by atoms with Gasteiger partial charge in [0.25, 0.3) is 0 Å². The first-order chi connectivity index (χ1) is 26.3. The summed E-state index contributed by atoms with van der Waals surface area (Å²) in [5.74, 6) is -9.25. The number of fused-ring (bicyclic) bond motifs is 1. The molecule has 2 unspecified atom stereocenters. The van der Waals surface area contributed by atoms with Crippen LogP contribution in [0.2, 0.25) is 0 Å². The molecule has 56 heavy (non-hydrogen) atoms. The second kappa shape index (κ2) is 18.4. The molecule has 2 fully saturated rings. The number of hydrogen-bond acceptors (Lipinski definition) is 20. The summed E-state index contributed by atoms with van der Waals surface area (Å²) in [6, 6.07) is 5.27. The first kappa shape index (κ1) is 43.1. The molecule has 4 rings (SSSR count). The van der Waals surface area contributed by atoms with E-state index < -0.39 is 128 Å². The largest absolute Gasteiger partial charge is 0.472 e. The van der Waals surface area contributed by atoms with Crippen LogP contribution in [-0.4, -0.2) is 121 Å². The molecule has 0 aromatic heterocycles. The predicted octanol–water partition coefficient (Wildman–Crippen LogP) is 0.579. The lowest BCUT2D eigenvalue weighted by molar-refractivity contribution is -0.350. The van der Waals surface area contributed by atoms with Gasteiger partial charge >= 0.3 is 47.8 Å². The summed E-state index contributed by atoms with van der Waals surface area (Å²) >= 11 is 0. The SMILES string of the molecule is CC(=O)OC[C@H]1O[C@@H](OC2OC=C[C@H]3[C@H](OC(=O)c4ccc(OC(C)=O)cc4)[C@@H](OC(C)=O)C(O)(COC(C)=O)[C@@H]23)[C@H](OC(C)=O)[C@@H](OC(C)=O)[C@@H]1OC(C)=O. The third-order valence-electron chi connectivity index (χ3n) is 8.58. The van der Waals surface area contributed by atoms with E-state index in [1.54, 1.807) is 0 Å². The van der Waals surface area contributed by atoms with E-state index in [0.717, 1.165) is 47.8 Å². The Morgan fingerprint density at radius 2 is 1.21 bits per heavy atom. The number of esters is 8. The Kier molecular flexibility index (Phi) is 14.1. The maximum Gasteiger partial charge on any atom is 0.338 e. The average molecular weight is 795 g/mol. The second-order valence-corrected chi connectivity index (χ2v) is 12.9. The fourth-order valence-corrected chi connectivity index (χ4v) is 6.61. The van der Waals surface area contributed by atoms with Crippen LogP contribution < -0.4 is 4.74 Å². The van der Waals surface area contributed by atoms with E-state index in [1.807, 2.05) is 0 Å². The summed E-state index contributed by atoms with van der Waals surface area (Å²) in [7, 11) is 0. The van der Waals surface area contributed by atoms with E-state index in [4.69, 9.17) is 52.1 Å². The third kappa shape index (κ3) is 10.6. The highest BCUT2D eigenvalue weighted by atomic mass is 16.8. The molecule has 1 aromatic carbocycles. The Hall–Kier alpha value is -5.60. The summed E-state index contributed by atoms with van der Waals surface area (Å²) in [6.07, 6.45) is -10.6. The molecule has 0 bridgehead atoms. The predicted molar refractivity (Wildman–Crippen MR) is 178 cm³/mol. The summed E-state index contributed by atoms with van der Waals surface area (Å²) in [5, 5.41) is 12.4. The second-order valence-electron chi connectivity index (χ2n) is 12.9. The highest BCUT2D eigenvalue weighted by Gasteiger charge is 2.68. The molecular formula is C36H42O20. The Morgan fingerprint density at radius 1 is 0.643 bits per heavy atom. The Bertz CT molecular complexity index is 1700. The lowest BCUT2D eigenvalue weighted by Crippen LogP contribution is -2.64. The maximum atomic E-state index is 13.5. The van der Waals surface area contributed by atoms with Gasteiger partial charge in [0, 0.05) is 54.4 Å². The zero-order valence-corrected chi connectivity index (χ0v) is 31.4. The van der Waals surface area contributed by atoms with Crippen molar-refractivity contribution in [3.8, 4) is 5.75 Å². The Labute approximate surface area is 319 Å². The summed E-state index contributed by atoms with van der Waals surface area (Å²) < 4.78 is 61.1. The first-order valence-electron chi connectivity index (χ1n) is 17.1. The minimum atomic E-state index is -2.44. The summed E-state index contributed by atoms with van der Waals surface area (Å²) in [5.41, 5.74) is -2.48. The van der Waals surface area contributed by atoms with Crippen LogP contribution in [0.3, 0.4) is 0 Å². The van der Waals surface area contributed by atoms with Gasteiger partial charge in [-0.15, -0.1) is 0 Å². The van der Waals surface area contributed by atoms with Crippen molar-refractivity contribution in [3.05, 3.63) is 42.2 Å². The van der Waals surface area contributed by atoms with Gasteiger partial charge < -0.3 is 57.2 Å². The minimum absolute atomic E-state index is 0.0317. The molecule has 1 aromatic rings. The van der Waals surface area contributed by atoms with Crippen LogP contribution in [0.4, 0.5) is 0 Å². The fraction of sp³-hybridized carbons (Fsp3) is 0.556. The van der Waals surface area contributed by atoms with Crippen LogP contribution in [0.25, 0.3) is 0 Å². The van der Waals surface area contributed by atoms with Crippen LogP contribution in [0.1, 0.15) is 58.8 Å². The molecule has 11 atom stereocenters. The molecular weight excluding hydrogens is 752 g/mol. The van der Waals surface area contributed by atoms with Gasteiger partial charge in [0.1, 0.15) is 36.8 Å². The summed E-state index contributed by atoms with van der Waals surface area (Å²) in [4.78, 5) is 98.2. The quantitative estimate of drug-likeness (QED) is 0.163. The minimum Gasteiger partial charge on any atom is -0.472 e. The Balaban J connectivity index is 1.78. The number of carbonyl (C=O) groups is 8. The number of aliphatic hydroxyl groups is 1. The molecule has 0 amide bonds. The molecule has 1 saturated carbocycles. The standard InChI is InChI=1S/C36H42O20/c1-16(37)47-14-26-29(50-19(4)40)30(51-20(5)41)31(52-21(6)42)35(54-26)56-34-27-25(12-13-46-34)28(32(53-22(7)43)36(27,45)15-48-17(2)38)55-33(44)23-8-10-24(11-9-23)49-18(3)39/h8-13,25-32,34-35,45H,14-15H2,1-7H3/t25-,26-,27-,28+,29-,30+,31-,32-,34?,35+,36?/m1/s1. The van der Waals surface area contributed by atoms with Gasteiger partial charge in [-0.1, -0.05) is 0 Å². The van der Waals surface area contributed by atoms with E-state index in [9.17, 15) is 43.5 Å². The molecule has 20 nitrogen and oxygen atoms in total. The topological polar surface area (TPSA) is 258 Å². The van der Waals surface area contributed by atoms with E-state index in [2.05, 4.69) is 0 Å². The molecule has 306 valence electrons. The number of rotatable bonds is 13. The van der Waals surface area contributed by atoms with E-state index >= 15 is 0 Å². The van der Waals surface area contributed by atoms with Gasteiger partial charge in [-0.3, -0.25) is 33.6 Å². The summed E-state index contributed by atoms with van der Waals surface area (Å²) in [6.45, 7) is 6.02. The molecule has 1 saturated heterocycles. The van der Waals surface area contributed by atoms with Crippen molar-refractivity contribution in [2.45, 2.75) is 103 Å². The molecule has 3 aliphatic rings.